The summed E-state index contributed by atoms with van der Waals surface area (Å²) in [7, 11) is 0. The second kappa shape index (κ2) is 3.42. The Kier molecular flexibility index (Phi) is 2.66. The molecular formula is C10H13F2N. The summed E-state index contributed by atoms with van der Waals surface area (Å²) >= 11 is 0. The van der Waals surface area contributed by atoms with Crippen LogP contribution in [0.1, 0.15) is 25.5 Å². The molecule has 0 spiro atoms. The van der Waals surface area contributed by atoms with E-state index in [9.17, 15) is 8.78 Å². The van der Waals surface area contributed by atoms with Crippen LogP contribution in [0.15, 0.2) is 24.3 Å². The average Bonchev–Trinajstić information content (AvgIpc) is 2.01. The van der Waals surface area contributed by atoms with Gasteiger partial charge in [-0.3, -0.25) is 0 Å². The van der Waals surface area contributed by atoms with Crippen molar-refractivity contribution in [1.82, 2.24) is 0 Å². The molecule has 1 nitrogen and oxygen atoms in total. The second-order valence-electron chi connectivity index (χ2n) is 3.60. The zero-order valence-corrected chi connectivity index (χ0v) is 7.72. The normalized spacial score (nSPS) is 14.2. The molecule has 1 aromatic carbocycles. The van der Waals surface area contributed by atoms with Gasteiger partial charge in [0.2, 0.25) is 0 Å². The third kappa shape index (κ3) is 2.49. The number of benzene rings is 1. The Morgan fingerprint density at radius 3 is 2.46 bits per heavy atom. The molecule has 0 aliphatic heterocycles. The highest BCUT2D eigenvalue weighted by atomic mass is 19.1. The van der Waals surface area contributed by atoms with Gasteiger partial charge in [0, 0.05) is 0 Å². The van der Waals surface area contributed by atoms with Crippen molar-refractivity contribution in [3.63, 3.8) is 0 Å². The van der Waals surface area contributed by atoms with Gasteiger partial charge < -0.3 is 5.73 Å². The van der Waals surface area contributed by atoms with Crippen molar-refractivity contribution in [2.45, 2.75) is 25.6 Å². The molecule has 0 amide bonds. The molecule has 0 saturated carbocycles. The van der Waals surface area contributed by atoms with Crippen LogP contribution in [0, 0.1) is 5.82 Å². The molecule has 3 heteroatoms. The molecule has 0 fully saturated rings. The second-order valence-corrected chi connectivity index (χ2v) is 3.60. The summed E-state index contributed by atoms with van der Waals surface area (Å²) < 4.78 is 26.1. The predicted molar refractivity (Wildman–Crippen MR) is 48.5 cm³/mol. The lowest BCUT2D eigenvalue weighted by molar-refractivity contribution is 0.174. The van der Waals surface area contributed by atoms with E-state index in [1.165, 1.54) is 32.0 Å². The fraction of sp³-hybridized carbons (Fsp3) is 0.400. The highest BCUT2D eigenvalue weighted by Gasteiger charge is 2.26. The minimum Gasteiger partial charge on any atom is -0.321 e. The number of nitrogens with two attached hydrogens (primary N) is 1. The molecule has 1 unspecified atom stereocenters. The molecule has 1 rings (SSSR count). The summed E-state index contributed by atoms with van der Waals surface area (Å²) in [6.45, 7) is 2.76. The van der Waals surface area contributed by atoms with Crippen LogP contribution >= 0.6 is 0 Å². The number of alkyl halides is 1. The molecule has 0 radical (unpaired) electrons. The third-order valence-corrected chi connectivity index (χ3v) is 1.95. The molecule has 2 N–H and O–H groups in total. The summed E-state index contributed by atoms with van der Waals surface area (Å²) in [5.74, 6) is -0.391. The van der Waals surface area contributed by atoms with E-state index >= 15 is 0 Å². The largest absolute Gasteiger partial charge is 0.321 e. The molecule has 0 aliphatic carbocycles. The molecule has 0 bridgehead atoms. The first kappa shape index (κ1) is 10.1. The standard InChI is InChI=1S/C10H13F2N/c1-10(2,12)9(13)7-4-3-5-8(11)6-7/h3-6,9H,13H2,1-2H3. The molecule has 1 aromatic rings. The van der Waals surface area contributed by atoms with Crippen molar-refractivity contribution < 1.29 is 8.78 Å². The molecule has 0 saturated heterocycles. The Hall–Kier alpha value is -0.960. The molecule has 72 valence electrons. The van der Waals surface area contributed by atoms with Crippen molar-refractivity contribution in [3.8, 4) is 0 Å². The highest BCUT2D eigenvalue weighted by molar-refractivity contribution is 5.22. The van der Waals surface area contributed by atoms with Gasteiger partial charge in [-0.05, 0) is 31.5 Å². The summed E-state index contributed by atoms with van der Waals surface area (Å²) in [5, 5.41) is 0. The number of rotatable bonds is 2. The van der Waals surface area contributed by atoms with Crippen molar-refractivity contribution >= 4 is 0 Å². The van der Waals surface area contributed by atoms with Crippen LogP contribution in [-0.4, -0.2) is 5.67 Å². The van der Waals surface area contributed by atoms with Gasteiger partial charge in [0.25, 0.3) is 0 Å². The third-order valence-electron chi connectivity index (χ3n) is 1.95. The summed E-state index contributed by atoms with van der Waals surface area (Å²) in [5.41, 5.74) is 4.54. The fourth-order valence-electron chi connectivity index (χ4n) is 1.10. The Bertz CT molecular complexity index is 291. The quantitative estimate of drug-likeness (QED) is 0.752. The Morgan fingerprint density at radius 2 is 2.00 bits per heavy atom. The molecule has 0 aromatic heterocycles. The first-order valence-corrected chi connectivity index (χ1v) is 4.11. The van der Waals surface area contributed by atoms with Crippen LogP contribution in [0.5, 0.6) is 0 Å². The Balaban J connectivity index is 2.96. The molecule has 1 atom stereocenters. The summed E-state index contributed by atoms with van der Waals surface area (Å²) in [6.07, 6.45) is 0. The van der Waals surface area contributed by atoms with Gasteiger partial charge in [-0.2, -0.15) is 0 Å². The fourth-order valence-corrected chi connectivity index (χ4v) is 1.10. The smallest absolute Gasteiger partial charge is 0.124 e. The number of hydrogen-bond donors (Lipinski definition) is 1. The van der Waals surface area contributed by atoms with E-state index in [2.05, 4.69) is 0 Å². The van der Waals surface area contributed by atoms with Gasteiger partial charge in [-0.15, -0.1) is 0 Å². The van der Waals surface area contributed by atoms with Crippen molar-refractivity contribution in [2.24, 2.45) is 5.73 Å². The summed E-state index contributed by atoms with van der Waals surface area (Å²) in [4.78, 5) is 0. The van der Waals surface area contributed by atoms with Gasteiger partial charge in [-0.25, -0.2) is 8.78 Å². The zero-order valence-electron chi connectivity index (χ0n) is 7.72. The first-order valence-electron chi connectivity index (χ1n) is 4.11. The van der Waals surface area contributed by atoms with E-state index in [-0.39, 0.29) is 0 Å². The van der Waals surface area contributed by atoms with E-state index in [4.69, 9.17) is 5.73 Å². The van der Waals surface area contributed by atoms with E-state index in [0.29, 0.717) is 5.56 Å². The van der Waals surface area contributed by atoms with Crippen LogP contribution < -0.4 is 5.73 Å². The van der Waals surface area contributed by atoms with Gasteiger partial charge >= 0.3 is 0 Å². The van der Waals surface area contributed by atoms with Crippen LogP contribution in [0.3, 0.4) is 0 Å². The van der Waals surface area contributed by atoms with Gasteiger partial charge in [0.05, 0.1) is 6.04 Å². The maximum atomic E-state index is 13.4. The number of halogens is 2. The summed E-state index contributed by atoms with van der Waals surface area (Å²) in [6, 6.07) is 4.92. The molecule has 0 heterocycles. The van der Waals surface area contributed by atoms with E-state index in [1.54, 1.807) is 6.07 Å². The Morgan fingerprint density at radius 1 is 1.38 bits per heavy atom. The van der Waals surface area contributed by atoms with E-state index in [0.717, 1.165) is 0 Å². The van der Waals surface area contributed by atoms with Gasteiger partial charge in [-0.1, -0.05) is 12.1 Å². The maximum absolute atomic E-state index is 13.4. The van der Waals surface area contributed by atoms with Crippen molar-refractivity contribution in [2.75, 3.05) is 0 Å². The minimum absolute atomic E-state index is 0.391. The van der Waals surface area contributed by atoms with Crippen LogP contribution in [-0.2, 0) is 0 Å². The van der Waals surface area contributed by atoms with E-state index < -0.39 is 17.5 Å². The van der Waals surface area contributed by atoms with Crippen LogP contribution in [0.2, 0.25) is 0 Å². The molecule has 13 heavy (non-hydrogen) atoms. The lowest BCUT2D eigenvalue weighted by atomic mass is 9.94. The molecule has 0 aliphatic rings. The number of hydrogen-bond acceptors (Lipinski definition) is 1. The topological polar surface area (TPSA) is 26.0 Å². The lowest BCUT2D eigenvalue weighted by Crippen LogP contribution is -2.30. The predicted octanol–water partition coefficient (Wildman–Crippen LogP) is 2.57. The average molecular weight is 185 g/mol. The van der Waals surface area contributed by atoms with E-state index in [1.807, 2.05) is 0 Å². The van der Waals surface area contributed by atoms with Crippen molar-refractivity contribution in [1.29, 1.82) is 0 Å². The molecular weight excluding hydrogens is 172 g/mol. The van der Waals surface area contributed by atoms with Gasteiger partial charge in [0.1, 0.15) is 11.5 Å². The maximum Gasteiger partial charge on any atom is 0.124 e. The lowest BCUT2D eigenvalue weighted by Gasteiger charge is -2.23. The van der Waals surface area contributed by atoms with Crippen molar-refractivity contribution in [3.05, 3.63) is 35.6 Å². The van der Waals surface area contributed by atoms with Gasteiger partial charge in [0.15, 0.2) is 0 Å². The monoisotopic (exact) mass is 185 g/mol. The van der Waals surface area contributed by atoms with Crippen LogP contribution in [0.25, 0.3) is 0 Å². The van der Waals surface area contributed by atoms with Crippen LogP contribution in [0.4, 0.5) is 8.78 Å². The SMILES string of the molecule is CC(C)(F)C(N)c1cccc(F)c1. The first-order chi connectivity index (χ1) is 5.91. The minimum atomic E-state index is -1.53. The highest BCUT2D eigenvalue weighted by Crippen LogP contribution is 2.26. The Labute approximate surface area is 76.6 Å². The zero-order chi connectivity index (χ0) is 10.1.